The molecule has 5 nitrogen and oxygen atoms in total. The molecule has 0 bridgehead atoms. The van der Waals surface area contributed by atoms with Crippen molar-refractivity contribution < 1.29 is 6.17 Å². The van der Waals surface area contributed by atoms with E-state index in [0.717, 1.165) is 24.2 Å². The van der Waals surface area contributed by atoms with Crippen molar-refractivity contribution in [3.05, 3.63) is 43.3 Å². The SMILES string of the molecule is [3H]c1cccc2c(N3CCC(C(=O)NC=C)C3)cnn12. The molecule has 1 atom stereocenters. The van der Waals surface area contributed by atoms with E-state index >= 15 is 0 Å². The normalized spacial score (nSPS) is 19.5. The number of aromatic nitrogens is 2. The maximum atomic E-state index is 11.8. The summed E-state index contributed by atoms with van der Waals surface area (Å²) < 4.78 is 9.42. The van der Waals surface area contributed by atoms with Crippen molar-refractivity contribution in [2.45, 2.75) is 6.42 Å². The minimum absolute atomic E-state index is 0.0140. The third-order valence-electron chi connectivity index (χ3n) is 3.48. The lowest BCUT2D eigenvalue weighted by Crippen LogP contribution is -2.29. The summed E-state index contributed by atoms with van der Waals surface area (Å²) in [5, 5.41) is 6.89. The Kier molecular flexibility index (Phi) is 2.66. The number of anilines is 1. The van der Waals surface area contributed by atoms with Gasteiger partial charge in [-0.15, -0.1) is 0 Å². The number of hydrogen-bond donors (Lipinski definition) is 1. The summed E-state index contributed by atoms with van der Waals surface area (Å²) in [7, 11) is 0. The van der Waals surface area contributed by atoms with Crippen LogP contribution in [0.5, 0.6) is 0 Å². The largest absolute Gasteiger partial charge is 0.368 e. The first kappa shape index (κ1) is 10.6. The first-order chi connectivity index (χ1) is 9.70. The van der Waals surface area contributed by atoms with E-state index in [0.29, 0.717) is 12.7 Å². The van der Waals surface area contributed by atoms with Gasteiger partial charge in [0, 0.05) is 19.3 Å². The number of pyridine rings is 1. The summed E-state index contributed by atoms with van der Waals surface area (Å²) in [6.07, 6.45) is 4.36. The Hall–Kier alpha value is -2.30. The molecule has 2 aromatic heterocycles. The Morgan fingerprint density at radius 2 is 2.53 bits per heavy atom. The number of amides is 1. The van der Waals surface area contributed by atoms with Gasteiger partial charge in [0.25, 0.3) is 0 Å². The van der Waals surface area contributed by atoms with Crippen molar-refractivity contribution in [1.29, 1.82) is 0 Å². The Balaban J connectivity index is 1.85. The van der Waals surface area contributed by atoms with E-state index in [9.17, 15) is 4.79 Å². The number of hydrogen-bond acceptors (Lipinski definition) is 3. The molecule has 0 aliphatic carbocycles. The van der Waals surface area contributed by atoms with Gasteiger partial charge in [0.1, 0.15) is 0 Å². The summed E-state index contributed by atoms with van der Waals surface area (Å²) in [6.45, 7) is 5.00. The van der Waals surface area contributed by atoms with E-state index in [1.54, 1.807) is 16.8 Å². The molecule has 1 unspecified atom stereocenters. The Morgan fingerprint density at radius 3 is 3.37 bits per heavy atom. The maximum Gasteiger partial charge on any atom is 0.228 e. The average molecular weight is 258 g/mol. The van der Waals surface area contributed by atoms with Gasteiger partial charge >= 0.3 is 0 Å². The third-order valence-corrected chi connectivity index (χ3v) is 3.48. The maximum absolute atomic E-state index is 11.8. The average Bonchev–Trinajstić information content (AvgIpc) is 3.05. The highest BCUT2D eigenvalue weighted by molar-refractivity contribution is 5.82. The highest BCUT2D eigenvalue weighted by Crippen LogP contribution is 2.27. The molecular formula is C14H16N4O. The van der Waals surface area contributed by atoms with Crippen LogP contribution in [0.1, 0.15) is 7.79 Å². The molecule has 1 N–H and O–H groups in total. The minimum Gasteiger partial charge on any atom is -0.368 e. The molecule has 0 spiro atoms. The van der Waals surface area contributed by atoms with Crippen molar-refractivity contribution in [1.82, 2.24) is 14.9 Å². The van der Waals surface area contributed by atoms with Gasteiger partial charge in [-0.2, -0.15) is 5.10 Å². The fraction of sp³-hybridized carbons (Fsp3) is 0.286. The highest BCUT2D eigenvalue weighted by Gasteiger charge is 2.29. The van der Waals surface area contributed by atoms with Gasteiger partial charge in [0.2, 0.25) is 5.91 Å². The Morgan fingerprint density at radius 1 is 1.63 bits per heavy atom. The van der Waals surface area contributed by atoms with Crippen molar-refractivity contribution in [3.8, 4) is 0 Å². The summed E-state index contributed by atoms with van der Waals surface area (Å²) in [5.41, 5.74) is 1.88. The van der Waals surface area contributed by atoms with Gasteiger partial charge in [-0.1, -0.05) is 12.6 Å². The molecule has 1 aliphatic heterocycles. The molecule has 1 saturated heterocycles. The van der Waals surface area contributed by atoms with Crippen molar-refractivity contribution in [2.75, 3.05) is 18.0 Å². The van der Waals surface area contributed by atoms with E-state index in [1.807, 2.05) is 12.1 Å². The fourth-order valence-corrected chi connectivity index (χ4v) is 2.52. The summed E-state index contributed by atoms with van der Waals surface area (Å²) in [5.74, 6) is -0.0118. The molecule has 0 saturated carbocycles. The summed E-state index contributed by atoms with van der Waals surface area (Å²) in [4.78, 5) is 14.0. The second kappa shape index (κ2) is 4.76. The predicted molar refractivity (Wildman–Crippen MR) is 73.9 cm³/mol. The lowest BCUT2D eigenvalue weighted by atomic mass is 10.1. The molecule has 98 valence electrons. The quantitative estimate of drug-likeness (QED) is 0.906. The zero-order valence-corrected chi connectivity index (χ0v) is 10.5. The number of carbonyl (C=O) groups is 1. The van der Waals surface area contributed by atoms with Crippen LogP contribution in [0.3, 0.4) is 0 Å². The van der Waals surface area contributed by atoms with Crippen LogP contribution in [-0.2, 0) is 4.79 Å². The number of rotatable bonds is 3. The lowest BCUT2D eigenvalue weighted by Gasteiger charge is -2.16. The Labute approximate surface area is 112 Å². The topological polar surface area (TPSA) is 49.6 Å². The van der Waals surface area contributed by atoms with Crippen LogP contribution < -0.4 is 10.2 Å². The second-order valence-corrected chi connectivity index (χ2v) is 4.63. The fourth-order valence-electron chi connectivity index (χ4n) is 2.52. The summed E-state index contributed by atoms with van der Waals surface area (Å²) >= 11 is 0. The molecule has 0 aromatic carbocycles. The molecule has 19 heavy (non-hydrogen) atoms. The first-order valence-electron chi connectivity index (χ1n) is 6.80. The zero-order chi connectivity index (χ0) is 14.1. The van der Waals surface area contributed by atoms with E-state index < -0.39 is 0 Å². The first-order valence-corrected chi connectivity index (χ1v) is 6.30. The van der Waals surface area contributed by atoms with Crippen molar-refractivity contribution in [3.63, 3.8) is 0 Å². The second-order valence-electron chi connectivity index (χ2n) is 4.63. The monoisotopic (exact) mass is 258 g/mol. The highest BCUT2D eigenvalue weighted by atomic mass is 16.1. The third kappa shape index (κ3) is 2.07. The van der Waals surface area contributed by atoms with E-state index in [2.05, 4.69) is 21.9 Å². The van der Waals surface area contributed by atoms with Gasteiger partial charge < -0.3 is 10.2 Å². The van der Waals surface area contributed by atoms with Crippen LogP contribution >= 0.6 is 0 Å². The number of carbonyl (C=O) groups excluding carboxylic acids is 1. The van der Waals surface area contributed by atoms with Crippen LogP contribution in [0.15, 0.2) is 43.3 Å². The molecule has 3 rings (SSSR count). The minimum atomic E-state index is -0.0258. The molecule has 5 heteroatoms. The van der Waals surface area contributed by atoms with Crippen LogP contribution in [0, 0.1) is 5.92 Å². The molecular weight excluding hydrogens is 240 g/mol. The molecule has 3 heterocycles. The standard InChI is InChI=1S/C14H16N4O/c1-2-15-14(19)11-6-8-17(10-11)13-9-16-18-7-4-3-5-12(13)18/h2-5,7,9,11H,1,6,8,10H2,(H,15,19)/i7T. The summed E-state index contributed by atoms with van der Waals surface area (Å²) in [6, 6.07) is 5.49. The van der Waals surface area contributed by atoms with Gasteiger partial charge in [0.15, 0.2) is 0 Å². The van der Waals surface area contributed by atoms with Crippen LogP contribution in [0.25, 0.3) is 5.52 Å². The smallest absolute Gasteiger partial charge is 0.228 e. The van der Waals surface area contributed by atoms with Crippen LogP contribution in [0.4, 0.5) is 5.69 Å². The van der Waals surface area contributed by atoms with Crippen LogP contribution in [0.2, 0.25) is 0 Å². The molecule has 1 aliphatic rings. The lowest BCUT2D eigenvalue weighted by molar-refractivity contribution is -0.123. The van der Waals surface area contributed by atoms with Gasteiger partial charge in [0.05, 0.1) is 24.7 Å². The number of fused-ring (bicyclic) bond motifs is 1. The number of nitrogens with one attached hydrogen (secondary N) is 1. The number of nitrogens with zero attached hydrogens (tertiary/aromatic N) is 3. The van der Waals surface area contributed by atoms with E-state index in [1.165, 1.54) is 6.20 Å². The van der Waals surface area contributed by atoms with Gasteiger partial charge in [-0.05, 0) is 24.8 Å². The predicted octanol–water partition coefficient (Wildman–Crippen LogP) is 1.42. The molecule has 2 aromatic rings. The molecule has 1 amide bonds. The van der Waals surface area contributed by atoms with E-state index in [4.69, 9.17) is 1.37 Å². The zero-order valence-electron chi connectivity index (χ0n) is 11.5. The van der Waals surface area contributed by atoms with Crippen molar-refractivity contribution >= 4 is 17.1 Å². The van der Waals surface area contributed by atoms with E-state index in [-0.39, 0.29) is 11.8 Å². The molecule has 0 radical (unpaired) electrons. The molecule has 1 fully saturated rings. The Bertz CT molecular complexity index is 666. The van der Waals surface area contributed by atoms with Gasteiger partial charge in [-0.3, -0.25) is 4.79 Å². The van der Waals surface area contributed by atoms with Crippen molar-refractivity contribution in [2.24, 2.45) is 5.92 Å². The van der Waals surface area contributed by atoms with Crippen LogP contribution in [-0.4, -0.2) is 28.6 Å². The van der Waals surface area contributed by atoms with Gasteiger partial charge in [-0.25, -0.2) is 4.52 Å².